The van der Waals surface area contributed by atoms with Gasteiger partial charge in [0.05, 0.1) is 19.3 Å². The van der Waals surface area contributed by atoms with Crippen molar-refractivity contribution in [1.82, 2.24) is 4.90 Å². The van der Waals surface area contributed by atoms with Crippen molar-refractivity contribution in [3.8, 4) is 11.5 Å². The molecule has 0 heterocycles. The van der Waals surface area contributed by atoms with E-state index in [1.807, 2.05) is 0 Å². The fourth-order valence-electron chi connectivity index (χ4n) is 1.56. The molecule has 5 nitrogen and oxygen atoms in total. The Morgan fingerprint density at radius 1 is 1.37 bits per heavy atom. The van der Waals surface area contributed by atoms with Gasteiger partial charge in [-0.15, -0.1) is 0 Å². The Kier molecular flexibility index (Phi) is 5.85. The van der Waals surface area contributed by atoms with Crippen molar-refractivity contribution in [2.24, 2.45) is 0 Å². The van der Waals surface area contributed by atoms with E-state index in [2.05, 4.69) is 0 Å². The number of carbonyl (C=O) groups excluding carboxylic acids is 2. The number of hydrogen-bond donors (Lipinski definition) is 0. The summed E-state index contributed by atoms with van der Waals surface area (Å²) in [6, 6.07) is 5.12. The van der Waals surface area contributed by atoms with Gasteiger partial charge in [-0.1, -0.05) is 6.07 Å². The summed E-state index contributed by atoms with van der Waals surface area (Å²) >= 11 is 0. The maximum absolute atomic E-state index is 11.4. The molecule has 1 rings (SSSR count). The summed E-state index contributed by atoms with van der Waals surface area (Å²) in [5.74, 6) is 1.00. The lowest BCUT2D eigenvalue weighted by Gasteiger charge is -2.13. The zero-order valence-corrected chi connectivity index (χ0v) is 11.5. The van der Waals surface area contributed by atoms with E-state index < -0.39 is 0 Å². The minimum atomic E-state index is 0.0548. The van der Waals surface area contributed by atoms with Crippen LogP contribution in [0.2, 0.25) is 0 Å². The van der Waals surface area contributed by atoms with Crippen molar-refractivity contribution in [3.63, 3.8) is 0 Å². The summed E-state index contributed by atoms with van der Waals surface area (Å²) in [6.07, 6.45) is 1.73. The second-order valence-corrected chi connectivity index (χ2v) is 4.24. The van der Waals surface area contributed by atoms with Crippen molar-refractivity contribution in [2.45, 2.75) is 12.8 Å². The number of hydrogen-bond acceptors (Lipinski definition) is 4. The second-order valence-electron chi connectivity index (χ2n) is 4.24. The van der Waals surface area contributed by atoms with Gasteiger partial charge in [0.1, 0.15) is 0 Å². The molecule has 0 aliphatic heterocycles. The van der Waals surface area contributed by atoms with E-state index in [4.69, 9.17) is 9.47 Å². The number of ether oxygens (including phenoxy) is 2. The highest BCUT2D eigenvalue weighted by molar-refractivity contribution is 5.81. The average Bonchev–Trinajstić information content (AvgIpc) is 2.42. The van der Waals surface area contributed by atoms with Crippen LogP contribution in [0.1, 0.15) is 23.2 Å². The summed E-state index contributed by atoms with van der Waals surface area (Å²) in [4.78, 5) is 23.9. The van der Waals surface area contributed by atoms with Crippen LogP contribution in [0.4, 0.5) is 0 Å². The topological polar surface area (TPSA) is 55.8 Å². The normalized spacial score (nSPS) is 9.84. The van der Waals surface area contributed by atoms with Gasteiger partial charge >= 0.3 is 0 Å². The van der Waals surface area contributed by atoms with Crippen molar-refractivity contribution in [1.29, 1.82) is 0 Å². The second kappa shape index (κ2) is 7.41. The van der Waals surface area contributed by atoms with E-state index in [0.29, 0.717) is 36.5 Å². The van der Waals surface area contributed by atoms with Gasteiger partial charge in [0.15, 0.2) is 17.8 Å². The van der Waals surface area contributed by atoms with Gasteiger partial charge in [-0.3, -0.25) is 9.59 Å². The predicted molar refractivity (Wildman–Crippen MR) is 71.8 cm³/mol. The molecule has 19 heavy (non-hydrogen) atoms. The smallest absolute Gasteiger partial charge is 0.222 e. The molecule has 0 aromatic heterocycles. The number of carbonyl (C=O) groups is 2. The van der Waals surface area contributed by atoms with Crippen LogP contribution in [0.3, 0.4) is 0 Å². The largest absolute Gasteiger partial charge is 0.493 e. The Morgan fingerprint density at radius 2 is 2.11 bits per heavy atom. The number of para-hydroxylation sites is 1. The molecule has 0 atom stereocenters. The molecule has 1 aromatic rings. The predicted octanol–water partition coefficient (Wildman–Crippen LogP) is 1.75. The van der Waals surface area contributed by atoms with Crippen LogP contribution in [0.25, 0.3) is 0 Å². The molecule has 0 aliphatic rings. The molecule has 0 bridgehead atoms. The van der Waals surface area contributed by atoms with Crippen LogP contribution in [0.5, 0.6) is 11.5 Å². The van der Waals surface area contributed by atoms with Gasteiger partial charge in [-0.05, 0) is 18.6 Å². The molecule has 1 amide bonds. The van der Waals surface area contributed by atoms with E-state index >= 15 is 0 Å². The summed E-state index contributed by atoms with van der Waals surface area (Å²) in [6.45, 7) is 0.362. The minimum Gasteiger partial charge on any atom is -0.493 e. The Hall–Kier alpha value is -2.04. The number of aldehydes is 1. The van der Waals surface area contributed by atoms with Gasteiger partial charge in [-0.2, -0.15) is 0 Å². The molecule has 0 saturated heterocycles. The first-order chi connectivity index (χ1) is 9.10. The maximum atomic E-state index is 11.4. The molecule has 0 saturated carbocycles. The summed E-state index contributed by atoms with van der Waals surface area (Å²) in [5.41, 5.74) is 0.443. The van der Waals surface area contributed by atoms with E-state index in [1.165, 1.54) is 7.11 Å². The first-order valence-corrected chi connectivity index (χ1v) is 6.05. The van der Waals surface area contributed by atoms with Crippen LogP contribution in [0.15, 0.2) is 18.2 Å². The molecule has 0 aliphatic carbocycles. The highest BCUT2D eigenvalue weighted by Crippen LogP contribution is 2.30. The molecule has 0 fully saturated rings. The first kappa shape index (κ1) is 15.0. The van der Waals surface area contributed by atoms with E-state index in [0.717, 1.165) is 6.29 Å². The molecular formula is C14H19NO4. The molecule has 1 aromatic carbocycles. The lowest BCUT2D eigenvalue weighted by Crippen LogP contribution is -2.21. The number of benzene rings is 1. The third-order valence-corrected chi connectivity index (χ3v) is 2.64. The molecule has 0 unspecified atom stereocenters. The highest BCUT2D eigenvalue weighted by atomic mass is 16.5. The molecular weight excluding hydrogens is 246 g/mol. The third kappa shape index (κ3) is 4.28. The quantitative estimate of drug-likeness (QED) is 0.557. The van der Waals surface area contributed by atoms with Gasteiger partial charge in [0, 0.05) is 20.5 Å². The van der Waals surface area contributed by atoms with Crippen LogP contribution in [0, 0.1) is 0 Å². The van der Waals surface area contributed by atoms with Crippen molar-refractivity contribution >= 4 is 12.2 Å². The van der Waals surface area contributed by atoms with Gasteiger partial charge in [-0.25, -0.2) is 0 Å². The Bertz CT molecular complexity index is 443. The Balaban J connectivity index is 2.57. The van der Waals surface area contributed by atoms with Gasteiger partial charge in [0.25, 0.3) is 0 Å². The van der Waals surface area contributed by atoms with Crippen LogP contribution < -0.4 is 9.47 Å². The van der Waals surface area contributed by atoms with Crippen LogP contribution in [-0.2, 0) is 4.79 Å². The molecule has 0 spiro atoms. The molecule has 0 radical (unpaired) electrons. The Labute approximate surface area is 113 Å². The van der Waals surface area contributed by atoms with Crippen molar-refractivity contribution in [3.05, 3.63) is 23.8 Å². The summed E-state index contributed by atoms with van der Waals surface area (Å²) in [5, 5.41) is 0. The standard InChI is InChI=1S/C14H19NO4/c1-15(2)13(17)8-5-9-19-14-11(10-16)6-4-7-12(14)18-3/h4,6-7,10H,5,8-9H2,1-3H3. The average molecular weight is 265 g/mol. The van der Waals surface area contributed by atoms with E-state index in [-0.39, 0.29) is 5.91 Å². The number of amides is 1. The van der Waals surface area contributed by atoms with Crippen molar-refractivity contribution in [2.75, 3.05) is 27.8 Å². The minimum absolute atomic E-state index is 0.0548. The van der Waals surface area contributed by atoms with Crippen LogP contribution >= 0.6 is 0 Å². The fourth-order valence-corrected chi connectivity index (χ4v) is 1.56. The zero-order chi connectivity index (χ0) is 14.3. The van der Waals surface area contributed by atoms with Gasteiger partial charge in [0.2, 0.25) is 5.91 Å². The lowest BCUT2D eigenvalue weighted by atomic mass is 10.2. The molecule has 104 valence electrons. The zero-order valence-electron chi connectivity index (χ0n) is 11.5. The monoisotopic (exact) mass is 265 g/mol. The first-order valence-electron chi connectivity index (χ1n) is 6.05. The summed E-state index contributed by atoms with van der Waals surface area (Å²) < 4.78 is 10.7. The lowest BCUT2D eigenvalue weighted by molar-refractivity contribution is -0.128. The fraction of sp³-hybridized carbons (Fsp3) is 0.429. The van der Waals surface area contributed by atoms with E-state index in [9.17, 15) is 9.59 Å². The van der Waals surface area contributed by atoms with Gasteiger partial charge < -0.3 is 14.4 Å². The number of nitrogens with zero attached hydrogens (tertiary/aromatic N) is 1. The number of rotatable bonds is 7. The molecule has 5 heteroatoms. The van der Waals surface area contributed by atoms with Crippen molar-refractivity contribution < 1.29 is 19.1 Å². The number of methoxy groups -OCH3 is 1. The molecule has 0 N–H and O–H groups in total. The maximum Gasteiger partial charge on any atom is 0.222 e. The highest BCUT2D eigenvalue weighted by Gasteiger charge is 2.10. The third-order valence-electron chi connectivity index (χ3n) is 2.64. The van der Waals surface area contributed by atoms with Crippen LogP contribution in [-0.4, -0.2) is 44.9 Å². The van der Waals surface area contributed by atoms with E-state index in [1.54, 1.807) is 37.2 Å². The SMILES string of the molecule is COc1cccc(C=O)c1OCCCC(=O)N(C)C. The Morgan fingerprint density at radius 3 is 2.68 bits per heavy atom. The summed E-state index contributed by atoms with van der Waals surface area (Å²) in [7, 11) is 4.95.